The van der Waals surface area contributed by atoms with Crippen LogP contribution in [-0.4, -0.2) is 11.3 Å². The summed E-state index contributed by atoms with van der Waals surface area (Å²) < 4.78 is 1.05. The number of aryl methyl sites for hydroxylation is 1. The van der Waals surface area contributed by atoms with E-state index in [9.17, 15) is 0 Å². The molecular formula is C9H10BrN3S. The molecule has 0 unspecified atom stereocenters. The zero-order chi connectivity index (χ0) is 10.6. The van der Waals surface area contributed by atoms with Crippen LogP contribution in [0.15, 0.2) is 27.8 Å². The molecule has 0 amide bonds. The van der Waals surface area contributed by atoms with Crippen LogP contribution in [-0.2, 0) is 0 Å². The van der Waals surface area contributed by atoms with Crippen molar-refractivity contribution in [3.8, 4) is 0 Å². The highest BCUT2D eigenvalue weighted by molar-refractivity contribution is 9.10. The summed E-state index contributed by atoms with van der Waals surface area (Å²) in [5.41, 5.74) is 9.86. The molecular weight excluding hydrogens is 262 g/mol. The van der Waals surface area contributed by atoms with Crippen LogP contribution in [0.1, 0.15) is 11.1 Å². The molecule has 0 saturated heterocycles. The Kier molecular flexibility index (Phi) is 4.03. The molecule has 0 saturated carbocycles. The lowest BCUT2D eigenvalue weighted by Gasteiger charge is -1.99. The van der Waals surface area contributed by atoms with Crippen molar-refractivity contribution in [1.82, 2.24) is 5.43 Å². The number of nitrogens with two attached hydrogens (primary N) is 1. The predicted octanol–water partition coefficient (Wildman–Crippen LogP) is 1.92. The Morgan fingerprint density at radius 1 is 1.64 bits per heavy atom. The lowest BCUT2D eigenvalue weighted by atomic mass is 10.2. The van der Waals surface area contributed by atoms with Crippen LogP contribution in [0.2, 0.25) is 0 Å². The van der Waals surface area contributed by atoms with Gasteiger partial charge in [0.15, 0.2) is 5.11 Å². The number of halogens is 1. The number of nitrogens with zero attached hydrogens (tertiary/aromatic N) is 1. The Labute approximate surface area is 96.5 Å². The van der Waals surface area contributed by atoms with Crippen LogP contribution in [0.3, 0.4) is 0 Å². The fourth-order valence-electron chi connectivity index (χ4n) is 0.860. The summed E-state index contributed by atoms with van der Waals surface area (Å²) in [6.07, 6.45) is 1.66. The summed E-state index contributed by atoms with van der Waals surface area (Å²) in [7, 11) is 0. The molecule has 0 atom stereocenters. The van der Waals surface area contributed by atoms with E-state index in [1.165, 1.54) is 5.56 Å². The van der Waals surface area contributed by atoms with E-state index >= 15 is 0 Å². The van der Waals surface area contributed by atoms with Crippen molar-refractivity contribution in [3.05, 3.63) is 33.8 Å². The van der Waals surface area contributed by atoms with Gasteiger partial charge in [-0.3, -0.25) is 5.43 Å². The minimum Gasteiger partial charge on any atom is -0.375 e. The van der Waals surface area contributed by atoms with E-state index < -0.39 is 0 Å². The Morgan fingerprint density at radius 3 is 2.93 bits per heavy atom. The highest BCUT2D eigenvalue weighted by atomic mass is 79.9. The van der Waals surface area contributed by atoms with Gasteiger partial charge in [0.1, 0.15) is 0 Å². The molecule has 1 rings (SSSR count). The number of hydrazone groups is 1. The Hall–Kier alpha value is -0.940. The van der Waals surface area contributed by atoms with Crippen LogP contribution in [0, 0.1) is 6.92 Å². The van der Waals surface area contributed by atoms with Gasteiger partial charge in [-0.2, -0.15) is 5.10 Å². The van der Waals surface area contributed by atoms with Gasteiger partial charge in [-0.1, -0.05) is 28.1 Å². The molecule has 0 radical (unpaired) electrons. The van der Waals surface area contributed by atoms with Gasteiger partial charge in [0.2, 0.25) is 0 Å². The molecule has 0 heterocycles. The second kappa shape index (κ2) is 5.07. The highest BCUT2D eigenvalue weighted by Gasteiger charge is 1.94. The van der Waals surface area contributed by atoms with Crippen LogP contribution >= 0.6 is 28.1 Å². The van der Waals surface area contributed by atoms with Gasteiger partial charge in [-0.05, 0) is 36.3 Å². The van der Waals surface area contributed by atoms with E-state index in [4.69, 9.17) is 5.73 Å². The fraction of sp³-hybridized carbons (Fsp3) is 0.111. The van der Waals surface area contributed by atoms with Crippen molar-refractivity contribution >= 4 is 39.5 Å². The Morgan fingerprint density at radius 2 is 2.36 bits per heavy atom. The first kappa shape index (κ1) is 11.1. The summed E-state index contributed by atoms with van der Waals surface area (Å²) >= 11 is 8.04. The average Bonchev–Trinajstić information content (AvgIpc) is 2.10. The smallest absolute Gasteiger partial charge is 0.184 e. The number of thiocarbonyl (C=S) groups is 1. The van der Waals surface area contributed by atoms with Crippen LogP contribution < -0.4 is 11.2 Å². The van der Waals surface area contributed by atoms with Gasteiger partial charge in [-0.15, -0.1) is 0 Å². The average molecular weight is 272 g/mol. The number of hydrogen-bond donors (Lipinski definition) is 2. The maximum atomic E-state index is 5.21. The molecule has 3 N–H and O–H groups in total. The monoisotopic (exact) mass is 271 g/mol. The fourth-order valence-corrected chi connectivity index (χ4v) is 1.31. The summed E-state index contributed by atoms with van der Waals surface area (Å²) in [5.74, 6) is 0. The van der Waals surface area contributed by atoms with E-state index in [1.807, 2.05) is 25.1 Å². The van der Waals surface area contributed by atoms with Crippen molar-refractivity contribution in [2.75, 3.05) is 0 Å². The molecule has 5 heteroatoms. The van der Waals surface area contributed by atoms with E-state index in [0.29, 0.717) is 0 Å². The van der Waals surface area contributed by atoms with Gasteiger partial charge in [-0.25, -0.2) is 0 Å². The molecule has 0 aromatic heterocycles. The molecule has 0 spiro atoms. The van der Waals surface area contributed by atoms with Crippen LogP contribution in [0.25, 0.3) is 0 Å². The summed E-state index contributed by atoms with van der Waals surface area (Å²) in [6.45, 7) is 2.03. The largest absolute Gasteiger partial charge is 0.375 e. The Bertz CT molecular complexity index is 376. The van der Waals surface area contributed by atoms with Gasteiger partial charge < -0.3 is 5.73 Å². The zero-order valence-corrected chi connectivity index (χ0v) is 10.0. The molecule has 1 aromatic rings. The van der Waals surface area contributed by atoms with Gasteiger partial charge in [0.25, 0.3) is 0 Å². The maximum absolute atomic E-state index is 5.21. The normalized spacial score (nSPS) is 10.4. The topological polar surface area (TPSA) is 50.4 Å². The second-order valence-corrected chi connectivity index (χ2v) is 4.04. The third kappa shape index (κ3) is 3.43. The lowest BCUT2D eigenvalue weighted by Crippen LogP contribution is -2.23. The van der Waals surface area contributed by atoms with Crippen molar-refractivity contribution in [3.63, 3.8) is 0 Å². The minimum absolute atomic E-state index is 0.160. The third-order valence-corrected chi connectivity index (χ3v) is 2.53. The van der Waals surface area contributed by atoms with Crippen molar-refractivity contribution in [1.29, 1.82) is 0 Å². The zero-order valence-electron chi connectivity index (χ0n) is 7.62. The first-order valence-electron chi connectivity index (χ1n) is 3.94. The second-order valence-electron chi connectivity index (χ2n) is 2.74. The standard InChI is InChI=1S/C9H10BrN3S/c1-6-2-3-7(4-8(6)10)5-12-13-9(11)14/h2-5H,1H3,(H3,11,13,14)/b12-5+. The number of nitrogens with one attached hydrogen (secondary N) is 1. The summed E-state index contributed by atoms with van der Waals surface area (Å²) in [6, 6.07) is 5.94. The molecule has 0 aliphatic rings. The molecule has 0 bridgehead atoms. The molecule has 3 nitrogen and oxygen atoms in total. The van der Waals surface area contributed by atoms with Gasteiger partial charge in [0, 0.05) is 4.47 Å². The minimum atomic E-state index is 0.160. The first-order chi connectivity index (χ1) is 6.59. The SMILES string of the molecule is Cc1ccc(/C=N/NC(N)=S)cc1Br. The van der Waals surface area contributed by atoms with Crippen molar-refractivity contribution in [2.45, 2.75) is 6.92 Å². The quantitative estimate of drug-likeness (QED) is 0.491. The van der Waals surface area contributed by atoms with Crippen LogP contribution in [0.4, 0.5) is 0 Å². The molecule has 74 valence electrons. The molecule has 0 aliphatic carbocycles. The lowest BCUT2D eigenvalue weighted by molar-refractivity contribution is 1.04. The van der Waals surface area contributed by atoms with Crippen molar-refractivity contribution < 1.29 is 0 Å². The van der Waals surface area contributed by atoms with E-state index in [2.05, 4.69) is 38.7 Å². The van der Waals surface area contributed by atoms with E-state index in [1.54, 1.807) is 6.21 Å². The highest BCUT2D eigenvalue weighted by Crippen LogP contribution is 2.16. The third-order valence-electron chi connectivity index (χ3n) is 1.58. The van der Waals surface area contributed by atoms with E-state index in [-0.39, 0.29) is 5.11 Å². The van der Waals surface area contributed by atoms with Gasteiger partial charge in [0.05, 0.1) is 6.21 Å². The summed E-state index contributed by atoms with van der Waals surface area (Å²) in [5, 5.41) is 4.01. The summed E-state index contributed by atoms with van der Waals surface area (Å²) in [4.78, 5) is 0. The van der Waals surface area contributed by atoms with E-state index in [0.717, 1.165) is 10.0 Å². The first-order valence-corrected chi connectivity index (χ1v) is 5.14. The molecule has 0 fully saturated rings. The van der Waals surface area contributed by atoms with Crippen molar-refractivity contribution in [2.24, 2.45) is 10.8 Å². The molecule has 14 heavy (non-hydrogen) atoms. The predicted molar refractivity (Wildman–Crippen MR) is 66.4 cm³/mol. The number of rotatable bonds is 2. The Balaban J connectivity index is 2.73. The van der Waals surface area contributed by atoms with Crippen LogP contribution in [0.5, 0.6) is 0 Å². The molecule has 0 aliphatic heterocycles. The number of benzene rings is 1. The number of hydrogen-bond acceptors (Lipinski definition) is 2. The maximum Gasteiger partial charge on any atom is 0.184 e. The molecule has 1 aromatic carbocycles. The van der Waals surface area contributed by atoms with Gasteiger partial charge >= 0.3 is 0 Å².